The van der Waals surface area contributed by atoms with Crippen molar-refractivity contribution in [2.75, 3.05) is 19.3 Å². The van der Waals surface area contributed by atoms with Gasteiger partial charge in [-0.3, -0.25) is 14.4 Å². The first kappa shape index (κ1) is 23.8. The largest absolute Gasteiger partial charge is 0.352 e. The lowest BCUT2D eigenvalue weighted by atomic mass is 9.88. The van der Waals surface area contributed by atoms with Gasteiger partial charge >= 0.3 is 5.91 Å². The molecule has 1 aliphatic carbocycles. The van der Waals surface area contributed by atoms with Crippen LogP contribution in [-0.4, -0.2) is 53.1 Å². The lowest BCUT2D eigenvalue weighted by Gasteiger charge is -2.24. The third-order valence-electron chi connectivity index (χ3n) is 4.92. The van der Waals surface area contributed by atoms with Gasteiger partial charge in [-0.2, -0.15) is 0 Å². The van der Waals surface area contributed by atoms with Gasteiger partial charge in [0.05, 0.1) is 6.04 Å². The maximum absolute atomic E-state index is 12.5. The molecule has 1 saturated heterocycles. The van der Waals surface area contributed by atoms with Crippen LogP contribution in [0.4, 0.5) is 0 Å². The Morgan fingerprint density at radius 2 is 1.96 bits per heavy atom. The maximum atomic E-state index is 12.5. The van der Waals surface area contributed by atoms with Crippen LogP contribution in [0, 0.1) is 5.92 Å². The number of carbonyl (C=O) groups excluding carboxylic acids is 3. The van der Waals surface area contributed by atoms with E-state index in [0.717, 1.165) is 57.2 Å². The quantitative estimate of drug-likeness (QED) is 0.466. The Balaban J connectivity index is 0.00000364. The highest BCUT2D eigenvalue weighted by Gasteiger charge is 2.30. The van der Waals surface area contributed by atoms with Crippen molar-refractivity contribution in [2.45, 2.75) is 64.3 Å². The first-order valence-corrected chi connectivity index (χ1v) is 10.6. The van der Waals surface area contributed by atoms with Crippen LogP contribution >= 0.6 is 24.2 Å². The monoisotopic (exact) mass is 418 g/mol. The van der Waals surface area contributed by atoms with E-state index < -0.39 is 17.7 Å². The molecule has 2 aliphatic rings. The minimum Gasteiger partial charge on any atom is -0.352 e. The Morgan fingerprint density at radius 1 is 1.26 bits per heavy atom. The van der Waals surface area contributed by atoms with E-state index in [2.05, 4.69) is 15.8 Å². The second-order valence-corrected chi connectivity index (χ2v) is 8.07. The lowest BCUT2D eigenvalue weighted by Crippen LogP contribution is -2.48. The third-order valence-corrected chi connectivity index (χ3v) is 5.96. The fraction of sp³-hybridized carbons (Fsp3) is 0.778. The van der Waals surface area contributed by atoms with E-state index in [1.165, 1.54) is 11.8 Å². The number of thioether (sulfide) groups is 1. The van der Waals surface area contributed by atoms with Crippen LogP contribution in [-0.2, 0) is 14.4 Å². The summed E-state index contributed by atoms with van der Waals surface area (Å²) >= 11 is 1.54. The second-order valence-electron chi connectivity index (χ2n) is 7.01. The molecule has 0 aromatic carbocycles. The summed E-state index contributed by atoms with van der Waals surface area (Å²) in [4.78, 5) is 39.2. The minimum absolute atomic E-state index is 0. The molecule has 0 unspecified atom stereocenters. The van der Waals surface area contributed by atoms with Crippen LogP contribution in [0.3, 0.4) is 0 Å². The summed E-state index contributed by atoms with van der Waals surface area (Å²) in [6.07, 6.45) is 7.15. The summed E-state index contributed by atoms with van der Waals surface area (Å²) in [6.45, 7) is 2.88. The molecule has 1 aliphatic heterocycles. The van der Waals surface area contributed by atoms with Crippen molar-refractivity contribution in [1.29, 1.82) is 0 Å². The van der Waals surface area contributed by atoms with Gasteiger partial charge in [-0.05, 0) is 19.3 Å². The van der Waals surface area contributed by atoms with E-state index in [4.69, 9.17) is 0 Å². The predicted molar refractivity (Wildman–Crippen MR) is 111 cm³/mol. The van der Waals surface area contributed by atoms with Crippen LogP contribution in [0.15, 0.2) is 5.10 Å². The van der Waals surface area contributed by atoms with E-state index in [1.807, 2.05) is 18.9 Å². The molecule has 0 aromatic heterocycles. The molecular weight excluding hydrogens is 388 g/mol. The molecule has 2 N–H and O–H groups in total. The molecule has 154 valence electrons. The molecule has 27 heavy (non-hydrogen) atoms. The van der Waals surface area contributed by atoms with Crippen molar-refractivity contribution in [3.05, 3.63) is 0 Å². The Kier molecular flexibility index (Phi) is 10.8. The number of hydrogen-bond donors (Lipinski definition) is 2. The minimum atomic E-state index is -0.765. The maximum Gasteiger partial charge on any atom is 0.309 e. The molecule has 0 bridgehead atoms. The van der Waals surface area contributed by atoms with Crippen molar-refractivity contribution < 1.29 is 14.4 Å². The fourth-order valence-electron chi connectivity index (χ4n) is 3.24. The van der Waals surface area contributed by atoms with E-state index in [9.17, 15) is 14.4 Å². The van der Waals surface area contributed by atoms with E-state index >= 15 is 0 Å². The number of halogens is 1. The highest BCUT2D eigenvalue weighted by molar-refractivity contribution is 8.14. The van der Waals surface area contributed by atoms with Gasteiger partial charge in [-0.15, -0.1) is 17.5 Å². The van der Waals surface area contributed by atoms with Crippen LogP contribution in [0.2, 0.25) is 0 Å². The SMILES string of the molecule is CCCC[C@@H](NC(=O)C1CCCCC1)C(=O)C(=O)NN=C1SCCN1C.Cl. The van der Waals surface area contributed by atoms with Gasteiger partial charge in [0.15, 0.2) is 5.17 Å². The van der Waals surface area contributed by atoms with Gasteiger partial charge in [-0.25, -0.2) is 5.43 Å². The Bertz CT molecular complexity index is 553. The van der Waals surface area contributed by atoms with Crippen molar-refractivity contribution in [3.8, 4) is 0 Å². The number of amidine groups is 1. The number of unbranched alkanes of at least 4 members (excludes halogenated alkanes) is 1. The van der Waals surface area contributed by atoms with Gasteiger partial charge in [-0.1, -0.05) is 50.8 Å². The third kappa shape index (κ3) is 7.33. The highest BCUT2D eigenvalue weighted by atomic mass is 35.5. The zero-order valence-electron chi connectivity index (χ0n) is 16.2. The predicted octanol–water partition coefficient (Wildman–Crippen LogP) is 2.30. The molecule has 2 amide bonds. The molecule has 1 atom stereocenters. The molecule has 1 heterocycles. The van der Waals surface area contributed by atoms with Crippen molar-refractivity contribution in [3.63, 3.8) is 0 Å². The number of nitrogens with zero attached hydrogens (tertiary/aromatic N) is 2. The summed E-state index contributed by atoms with van der Waals surface area (Å²) < 4.78 is 0. The van der Waals surface area contributed by atoms with Crippen LogP contribution in [0.5, 0.6) is 0 Å². The number of ketones is 1. The average Bonchev–Trinajstić information content (AvgIpc) is 3.08. The topological polar surface area (TPSA) is 90.9 Å². The van der Waals surface area contributed by atoms with E-state index in [1.54, 1.807) is 0 Å². The molecule has 0 radical (unpaired) electrons. The number of carbonyl (C=O) groups is 3. The van der Waals surface area contributed by atoms with Gasteiger partial charge in [0.25, 0.3) is 0 Å². The van der Waals surface area contributed by atoms with Crippen molar-refractivity contribution in [2.24, 2.45) is 11.0 Å². The van der Waals surface area contributed by atoms with Crippen LogP contribution in [0.25, 0.3) is 0 Å². The first-order valence-electron chi connectivity index (χ1n) is 9.59. The number of hydrogen-bond acceptors (Lipinski definition) is 5. The zero-order valence-corrected chi connectivity index (χ0v) is 17.8. The lowest BCUT2D eigenvalue weighted by molar-refractivity contribution is -0.140. The summed E-state index contributed by atoms with van der Waals surface area (Å²) in [5, 5.41) is 7.55. The highest BCUT2D eigenvalue weighted by Crippen LogP contribution is 2.24. The molecular formula is C18H31ClN4O3S. The fourth-order valence-corrected chi connectivity index (χ4v) is 4.21. The Hall–Kier alpha value is -1.28. The van der Waals surface area contributed by atoms with Gasteiger partial charge in [0, 0.05) is 25.3 Å². The van der Waals surface area contributed by atoms with Crippen molar-refractivity contribution >= 4 is 46.9 Å². The first-order chi connectivity index (χ1) is 12.5. The van der Waals surface area contributed by atoms with E-state index in [-0.39, 0.29) is 24.2 Å². The molecule has 0 spiro atoms. The van der Waals surface area contributed by atoms with Crippen LogP contribution in [0.1, 0.15) is 58.3 Å². The van der Waals surface area contributed by atoms with E-state index in [0.29, 0.717) is 11.6 Å². The smallest absolute Gasteiger partial charge is 0.309 e. The van der Waals surface area contributed by atoms with Gasteiger partial charge in [0.1, 0.15) is 0 Å². The molecule has 0 aromatic rings. The number of Topliss-reactive ketones (excluding diaryl/α,β-unsaturated/α-hetero) is 1. The van der Waals surface area contributed by atoms with Gasteiger partial charge in [0.2, 0.25) is 11.7 Å². The summed E-state index contributed by atoms with van der Waals surface area (Å²) in [5.74, 6) is -0.590. The number of nitrogens with one attached hydrogen (secondary N) is 2. The molecule has 1 saturated carbocycles. The Labute approximate surface area is 171 Å². The normalized spacial score (nSPS) is 20.1. The van der Waals surface area contributed by atoms with Crippen LogP contribution < -0.4 is 10.7 Å². The molecule has 2 fully saturated rings. The molecule has 9 heteroatoms. The number of hydrazone groups is 1. The Morgan fingerprint density at radius 3 is 2.56 bits per heavy atom. The van der Waals surface area contributed by atoms with Gasteiger partial charge < -0.3 is 10.2 Å². The molecule has 2 rings (SSSR count). The summed E-state index contributed by atoms with van der Waals surface area (Å²) in [6, 6.07) is -0.765. The standard InChI is InChI=1S/C18H30N4O3S.ClH/c1-3-4-10-14(19-16(24)13-8-6-5-7-9-13)15(23)17(25)20-21-18-22(2)11-12-26-18;/h13-14H,3-12H2,1-2H3,(H,19,24)(H,20,25);1H/t14-;/m1./s1. The summed E-state index contributed by atoms with van der Waals surface area (Å²) in [7, 11) is 1.89. The second kappa shape index (κ2) is 12.2. The number of amides is 2. The average molecular weight is 419 g/mol. The van der Waals surface area contributed by atoms with Crippen molar-refractivity contribution in [1.82, 2.24) is 15.6 Å². The molecule has 7 nitrogen and oxygen atoms in total. The number of rotatable bonds is 8. The zero-order chi connectivity index (χ0) is 18.9. The summed E-state index contributed by atoms with van der Waals surface area (Å²) in [5.41, 5.74) is 2.35.